The Labute approximate surface area is 134 Å². The molecule has 22 heavy (non-hydrogen) atoms. The zero-order valence-corrected chi connectivity index (χ0v) is 13.8. The highest BCUT2D eigenvalue weighted by Crippen LogP contribution is 2.27. The molecule has 1 amide bonds. The quantitative estimate of drug-likeness (QED) is 0.873. The summed E-state index contributed by atoms with van der Waals surface area (Å²) < 4.78 is 0. The molecule has 1 fully saturated rings. The largest absolute Gasteiger partial charge is 0.342 e. The lowest BCUT2D eigenvalue weighted by molar-refractivity contribution is -0.131. The first kappa shape index (κ1) is 15.1. The van der Waals surface area contributed by atoms with Crippen molar-refractivity contribution in [3.63, 3.8) is 0 Å². The van der Waals surface area contributed by atoms with Gasteiger partial charge in [0.15, 0.2) is 0 Å². The van der Waals surface area contributed by atoms with Crippen molar-refractivity contribution in [3.05, 3.63) is 39.9 Å². The molecule has 0 aliphatic carbocycles. The molecule has 0 spiro atoms. The smallest absolute Gasteiger partial charge is 0.227 e. The molecular weight excluding hydrogens is 296 g/mol. The topological polar surface area (TPSA) is 59.0 Å². The van der Waals surface area contributed by atoms with Crippen molar-refractivity contribution >= 4 is 17.2 Å². The van der Waals surface area contributed by atoms with E-state index in [0.717, 1.165) is 47.2 Å². The summed E-state index contributed by atoms with van der Waals surface area (Å²) in [6.07, 6.45) is 7.68. The van der Waals surface area contributed by atoms with E-state index < -0.39 is 0 Å². The van der Waals surface area contributed by atoms with Crippen LogP contribution in [0.2, 0.25) is 0 Å². The summed E-state index contributed by atoms with van der Waals surface area (Å²) in [5.41, 5.74) is 2.04. The first-order chi connectivity index (χ1) is 10.6. The van der Waals surface area contributed by atoms with Crippen molar-refractivity contribution in [1.82, 2.24) is 19.9 Å². The number of likely N-dealkylation sites (tertiary alicyclic amines) is 1. The summed E-state index contributed by atoms with van der Waals surface area (Å²) in [6, 6.07) is 0. The maximum absolute atomic E-state index is 12.4. The Hall–Kier alpha value is -1.82. The fourth-order valence-electron chi connectivity index (χ4n) is 2.93. The lowest BCUT2D eigenvalue weighted by Gasteiger charge is -2.31. The highest BCUT2D eigenvalue weighted by molar-refractivity contribution is 7.11. The van der Waals surface area contributed by atoms with Gasteiger partial charge in [-0.2, -0.15) is 0 Å². The Morgan fingerprint density at radius 1 is 1.32 bits per heavy atom. The predicted octanol–water partition coefficient (Wildman–Crippen LogP) is 2.50. The first-order valence-electron chi connectivity index (χ1n) is 7.60. The molecule has 0 unspecified atom stereocenters. The molecule has 1 aliphatic rings. The number of aromatic nitrogens is 3. The number of carbonyl (C=O) groups excluding carboxylic acids is 1. The minimum atomic E-state index is 0.212. The Morgan fingerprint density at radius 2 is 2.09 bits per heavy atom. The number of aryl methyl sites for hydroxylation is 2. The van der Waals surface area contributed by atoms with E-state index in [4.69, 9.17) is 0 Å². The first-order valence-corrected chi connectivity index (χ1v) is 8.41. The standard InChI is InChI=1S/C16H20N4OS/c1-11-15(22-12(2)19-11)9-16(21)20-7-3-13(4-8-20)14-10-17-5-6-18-14/h5-6,10,13H,3-4,7-9H2,1-2H3. The second kappa shape index (κ2) is 6.52. The summed E-state index contributed by atoms with van der Waals surface area (Å²) in [4.78, 5) is 28.4. The summed E-state index contributed by atoms with van der Waals surface area (Å²) in [7, 11) is 0. The highest BCUT2D eigenvalue weighted by atomic mass is 32.1. The van der Waals surface area contributed by atoms with Crippen LogP contribution >= 0.6 is 11.3 Å². The van der Waals surface area contributed by atoms with E-state index in [1.807, 2.05) is 24.9 Å². The maximum Gasteiger partial charge on any atom is 0.227 e. The third-order valence-electron chi connectivity index (χ3n) is 4.16. The summed E-state index contributed by atoms with van der Waals surface area (Å²) in [5, 5.41) is 1.03. The minimum absolute atomic E-state index is 0.212. The van der Waals surface area contributed by atoms with Crippen LogP contribution in [-0.4, -0.2) is 38.8 Å². The normalized spacial score (nSPS) is 16.0. The fraction of sp³-hybridized carbons (Fsp3) is 0.500. The van der Waals surface area contributed by atoms with Crippen LogP contribution in [0.4, 0.5) is 0 Å². The Morgan fingerprint density at radius 3 is 2.68 bits per heavy atom. The molecule has 2 aromatic rings. The molecule has 0 radical (unpaired) electrons. The molecule has 0 aromatic carbocycles. The third kappa shape index (κ3) is 3.32. The van der Waals surface area contributed by atoms with Gasteiger partial charge in [-0.1, -0.05) is 0 Å². The summed E-state index contributed by atoms with van der Waals surface area (Å²) >= 11 is 1.63. The van der Waals surface area contributed by atoms with Crippen LogP contribution in [-0.2, 0) is 11.2 Å². The predicted molar refractivity (Wildman–Crippen MR) is 85.9 cm³/mol. The third-order valence-corrected chi connectivity index (χ3v) is 5.23. The van der Waals surface area contributed by atoms with Crippen molar-refractivity contribution in [2.24, 2.45) is 0 Å². The molecule has 0 bridgehead atoms. The Kier molecular flexibility index (Phi) is 4.47. The van der Waals surface area contributed by atoms with Gasteiger partial charge in [-0.05, 0) is 26.7 Å². The van der Waals surface area contributed by atoms with Crippen LogP contribution in [0.5, 0.6) is 0 Å². The highest BCUT2D eigenvalue weighted by Gasteiger charge is 2.25. The molecule has 2 aromatic heterocycles. The van der Waals surface area contributed by atoms with Crippen molar-refractivity contribution in [2.75, 3.05) is 13.1 Å². The van der Waals surface area contributed by atoms with E-state index in [0.29, 0.717) is 12.3 Å². The molecule has 6 heteroatoms. The van der Waals surface area contributed by atoms with Gasteiger partial charge in [-0.15, -0.1) is 11.3 Å². The van der Waals surface area contributed by atoms with Crippen LogP contribution in [0, 0.1) is 13.8 Å². The van der Waals surface area contributed by atoms with Crippen molar-refractivity contribution in [1.29, 1.82) is 0 Å². The van der Waals surface area contributed by atoms with Crippen LogP contribution in [0.15, 0.2) is 18.6 Å². The molecule has 3 heterocycles. The average molecular weight is 316 g/mol. The van der Waals surface area contributed by atoms with E-state index in [1.165, 1.54) is 0 Å². The number of thiazole rings is 1. The summed E-state index contributed by atoms with van der Waals surface area (Å²) in [5.74, 6) is 0.634. The average Bonchev–Trinajstić information content (AvgIpc) is 2.86. The van der Waals surface area contributed by atoms with Gasteiger partial charge >= 0.3 is 0 Å². The van der Waals surface area contributed by atoms with Gasteiger partial charge in [0, 0.05) is 42.5 Å². The minimum Gasteiger partial charge on any atom is -0.342 e. The Balaban J connectivity index is 1.57. The molecule has 3 rings (SSSR count). The number of amides is 1. The van der Waals surface area contributed by atoms with Crippen molar-refractivity contribution < 1.29 is 4.79 Å². The van der Waals surface area contributed by atoms with Crippen LogP contribution in [0.3, 0.4) is 0 Å². The SMILES string of the molecule is Cc1nc(C)c(CC(=O)N2CCC(c3cnccn3)CC2)s1. The zero-order valence-electron chi connectivity index (χ0n) is 13.0. The number of rotatable bonds is 3. The van der Waals surface area contributed by atoms with E-state index in [2.05, 4.69) is 15.0 Å². The number of nitrogens with zero attached hydrogens (tertiary/aromatic N) is 4. The second-order valence-electron chi connectivity index (χ2n) is 5.70. The lowest BCUT2D eigenvalue weighted by Crippen LogP contribution is -2.38. The van der Waals surface area contributed by atoms with Gasteiger partial charge in [0.2, 0.25) is 5.91 Å². The number of hydrogen-bond acceptors (Lipinski definition) is 5. The zero-order chi connectivity index (χ0) is 15.5. The molecule has 1 saturated heterocycles. The molecular formula is C16H20N4OS. The van der Waals surface area contributed by atoms with Crippen LogP contribution < -0.4 is 0 Å². The molecule has 0 saturated carbocycles. The van der Waals surface area contributed by atoms with Crippen LogP contribution in [0.25, 0.3) is 0 Å². The van der Waals surface area contributed by atoms with Gasteiger partial charge in [-0.25, -0.2) is 4.98 Å². The van der Waals surface area contributed by atoms with Gasteiger partial charge < -0.3 is 4.90 Å². The molecule has 5 nitrogen and oxygen atoms in total. The van der Waals surface area contributed by atoms with Gasteiger partial charge in [-0.3, -0.25) is 14.8 Å². The lowest BCUT2D eigenvalue weighted by atomic mass is 9.93. The second-order valence-corrected chi connectivity index (χ2v) is 6.99. The van der Waals surface area contributed by atoms with Crippen molar-refractivity contribution in [3.8, 4) is 0 Å². The molecule has 1 aliphatic heterocycles. The summed E-state index contributed by atoms with van der Waals surface area (Å²) in [6.45, 7) is 5.57. The van der Waals surface area contributed by atoms with Gasteiger partial charge in [0.25, 0.3) is 0 Å². The van der Waals surface area contributed by atoms with E-state index >= 15 is 0 Å². The number of carbonyl (C=O) groups is 1. The number of piperidine rings is 1. The number of hydrogen-bond donors (Lipinski definition) is 0. The van der Waals surface area contributed by atoms with E-state index in [-0.39, 0.29) is 5.91 Å². The van der Waals surface area contributed by atoms with Gasteiger partial charge in [0.1, 0.15) is 0 Å². The van der Waals surface area contributed by atoms with Crippen molar-refractivity contribution in [2.45, 2.75) is 39.0 Å². The van der Waals surface area contributed by atoms with Crippen LogP contribution in [0.1, 0.15) is 40.0 Å². The molecule has 116 valence electrons. The van der Waals surface area contributed by atoms with E-state index in [1.54, 1.807) is 23.7 Å². The monoisotopic (exact) mass is 316 g/mol. The fourth-order valence-corrected chi connectivity index (χ4v) is 3.86. The maximum atomic E-state index is 12.4. The Bertz CT molecular complexity index is 647. The molecule has 0 N–H and O–H groups in total. The molecule has 0 atom stereocenters. The van der Waals surface area contributed by atoms with Gasteiger partial charge in [0.05, 0.1) is 22.8 Å². The van der Waals surface area contributed by atoms with E-state index in [9.17, 15) is 4.79 Å².